The van der Waals surface area contributed by atoms with Gasteiger partial charge in [-0.1, -0.05) is 5.92 Å². The molecule has 0 aliphatic carbocycles. The van der Waals surface area contributed by atoms with Gasteiger partial charge in [-0.05, 0) is 26.8 Å². The molecular formula is C8H10O. The maximum atomic E-state index is 10.5. The number of carbonyl (C=O) groups is 1. The molecule has 48 valence electrons. The van der Waals surface area contributed by atoms with E-state index in [0.717, 1.165) is 0 Å². The van der Waals surface area contributed by atoms with Crippen molar-refractivity contribution in [3.8, 4) is 11.8 Å². The zero-order valence-electron chi connectivity index (χ0n) is 5.99. The van der Waals surface area contributed by atoms with Gasteiger partial charge in [-0.25, -0.2) is 0 Å². The first-order valence-electron chi connectivity index (χ1n) is 2.78. The van der Waals surface area contributed by atoms with Crippen molar-refractivity contribution >= 4 is 5.78 Å². The van der Waals surface area contributed by atoms with Crippen molar-refractivity contribution in [3.05, 3.63) is 11.6 Å². The predicted molar refractivity (Wildman–Crippen MR) is 37.9 cm³/mol. The largest absolute Gasteiger partial charge is 0.295 e. The average Bonchev–Trinajstić information content (AvgIpc) is 1.82. The van der Waals surface area contributed by atoms with E-state index in [4.69, 9.17) is 0 Å². The van der Waals surface area contributed by atoms with Gasteiger partial charge in [0.15, 0.2) is 5.78 Å². The molecule has 0 rings (SSSR count). The van der Waals surface area contributed by atoms with Gasteiger partial charge in [0, 0.05) is 5.57 Å². The number of ketones is 1. The molecule has 0 atom stereocenters. The van der Waals surface area contributed by atoms with Crippen LogP contribution < -0.4 is 0 Å². The number of hydrogen-bond acceptors (Lipinski definition) is 1. The topological polar surface area (TPSA) is 17.1 Å². The van der Waals surface area contributed by atoms with Crippen molar-refractivity contribution < 1.29 is 4.79 Å². The standard InChI is InChI=1S/C8H10O/c1-4-5-6-7(2)8(3)9/h6H,1-3H3/b7-6+. The molecule has 1 heteroatoms. The Balaban J connectivity index is 4.11. The van der Waals surface area contributed by atoms with Crippen LogP contribution in [0.1, 0.15) is 20.8 Å². The van der Waals surface area contributed by atoms with E-state index < -0.39 is 0 Å². The first-order chi connectivity index (χ1) is 4.18. The van der Waals surface area contributed by atoms with Crippen LogP contribution in [-0.2, 0) is 4.79 Å². The van der Waals surface area contributed by atoms with E-state index in [0.29, 0.717) is 5.57 Å². The van der Waals surface area contributed by atoms with Gasteiger partial charge in [-0.2, -0.15) is 0 Å². The minimum absolute atomic E-state index is 0.0813. The Morgan fingerprint density at radius 1 is 1.44 bits per heavy atom. The first-order valence-corrected chi connectivity index (χ1v) is 2.78. The van der Waals surface area contributed by atoms with Gasteiger partial charge in [0.25, 0.3) is 0 Å². The number of hydrogen-bond donors (Lipinski definition) is 0. The minimum Gasteiger partial charge on any atom is -0.295 e. The Morgan fingerprint density at radius 2 is 2.00 bits per heavy atom. The average molecular weight is 122 g/mol. The van der Waals surface area contributed by atoms with Crippen molar-refractivity contribution in [2.24, 2.45) is 0 Å². The molecule has 0 aliphatic rings. The molecule has 0 N–H and O–H groups in total. The lowest BCUT2D eigenvalue weighted by Gasteiger charge is -1.85. The Hall–Kier alpha value is -1.03. The number of allylic oxidation sites excluding steroid dienone is 2. The quantitative estimate of drug-likeness (QED) is 0.381. The Bertz CT molecular complexity index is 188. The monoisotopic (exact) mass is 122 g/mol. The number of rotatable bonds is 1. The van der Waals surface area contributed by atoms with Crippen molar-refractivity contribution in [1.82, 2.24) is 0 Å². The second-order valence-corrected chi connectivity index (χ2v) is 1.78. The van der Waals surface area contributed by atoms with Gasteiger partial charge >= 0.3 is 0 Å². The molecule has 0 saturated carbocycles. The molecule has 0 saturated heterocycles. The fourth-order valence-electron chi connectivity index (χ4n) is 0.282. The third kappa shape index (κ3) is 3.54. The molecule has 0 aliphatic heterocycles. The Labute approximate surface area is 55.8 Å². The third-order valence-electron chi connectivity index (χ3n) is 0.988. The molecule has 0 spiro atoms. The molecule has 0 unspecified atom stereocenters. The van der Waals surface area contributed by atoms with Crippen LogP contribution in [0.5, 0.6) is 0 Å². The van der Waals surface area contributed by atoms with Crippen LogP contribution in [0.15, 0.2) is 11.6 Å². The highest BCUT2D eigenvalue weighted by Crippen LogP contribution is 1.90. The predicted octanol–water partition coefficient (Wildman–Crippen LogP) is 1.54. The lowest BCUT2D eigenvalue weighted by atomic mass is 10.2. The first kappa shape index (κ1) is 7.97. The summed E-state index contributed by atoms with van der Waals surface area (Å²) in [5.41, 5.74) is 0.712. The zero-order chi connectivity index (χ0) is 7.28. The summed E-state index contributed by atoms with van der Waals surface area (Å²) in [7, 11) is 0. The molecule has 0 aromatic heterocycles. The Morgan fingerprint density at radius 3 is 2.33 bits per heavy atom. The van der Waals surface area contributed by atoms with Gasteiger partial charge in [-0.15, -0.1) is 5.92 Å². The SMILES string of the molecule is CC#C/C=C(\C)C(C)=O. The Kier molecular flexibility index (Phi) is 3.46. The van der Waals surface area contributed by atoms with Crippen molar-refractivity contribution in [3.63, 3.8) is 0 Å². The molecule has 1 nitrogen and oxygen atoms in total. The molecule has 0 amide bonds. The summed E-state index contributed by atoms with van der Waals surface area (Å²) in [6.07, 6.45) is 1.63. The van der Waals surface area contributed by atoms with Crippen LogP contribution in [-0.4, -0.2) is 5.78 Å². The van der Waals surface area contributed by atoms with Crippen molar-refractivity contribution in [2.75, 3.05) is 0 Å². The van der Waals surface area contributed by atoms with Gasteiger partial charge in [-0.3, -0.25) is 4.79 Å². The fraction of sp³-hybridized carbons (Fsp3) is 0.375. The lowest BCUT2D eigenvalue weighted by Crippen LogP contribution is -1.89. The summed E-state index contributed by atoms with van der Waals surface area (Å²) in [5, 5.41) is 0. The van der Waals surface area contributed by atoms with Crippen molar-refractivity contribution in [1.29, 1.82) is 0 Å². The molecule has 0 heterocycles. The zero-order valence-corrected chi connectivity index (χ0v) is 5.99. The minimum atomic E-state index is 0.0813. The highest BCUT2D eigenvalue weighted by Gasteiger charge is 1.90. The van der Waals surface area contributed by atoms with Crippen LogP contribution in [0.25, 0.3) is 0 Å². The van der Waals surface area contributed by atoms with E-state index in [1.807, 2.05) is 0 Å². The molecular weight excluding hydrogens is 112 g/mol. The van der Waals surface area contributed by atoms with Crippen molar-refractivity contribution in [2.45, 2.75) is 20.8 Å². The van der Waals surface area contributed by atoms with Gasteiger partial charge in [0.1, 0.15) is 0 Å². The van der Waals surface area contributed by atoms with Crippen LogP contribution >= 0.6 is 0 Å². The normalized spacial score (nSPS) is 9.89. The summed E-state index contributed by atoms with van der Waals surface area (Å²) in [6.45, 7) is 5.03. The molecule has 0 aromatic carbocycles. The smallest absolute Gasteiger partial charge is 0.156 e. The van der Waals surface area contributed by atoms with Gasteiger partial charge in [0.2, 0.25) is 0 Å². The van der Waals surface area contributed by atoms with Gasteiger partial charge < -0.3 is 0 Å². The summed E-state index contributed by atoms with van der Waals surface area (Å²) >= 11 is 0. The van der Waals surface area contributed by atoms with Crippen LogP contribution in [0.3, 0.4) is 0 Å². The fourth-order valence-corrected chi connectivity index (χ4v) is 0.282. The molecule has 0 fully saturated rings. The molecule has 0 aromatic rings. The maximum absolute atomic E-state index is 10.5. The highest BCUT2D eigenvalue weighted by atomic mass is 16.1. The number of carbonyl (C=O) groups excluding carboxylic acids is 1. The van der Waals surface area contributed by atoms with Gasteiger partial charge in [0.05, 0.1) is 0 Å². The molecule has 0 bridgehead atoms. The van der Waals surface area contributed by atoms with E-state index in [1.165, 1.54) is 6.92 Å². The molecule has 0 radical (unpaired) electrons. The van der Waals surface area contributed by atoms with E-state index >= 15 is 0 Å². The van der Waals surface area contributed by atoms with Crippen LogP contribution in [0.4, 0.5) is 0 Å². The third-order valence-corrected chi connectivity index (χ3v) is 0.988. The second kappa shape index (κ2) is 3.91. The summed E-state index contributed by atoms with van der Waals surface area (Å²) < 4.78 is 0. The van der Waals surface area contributed by atoms with Crippen LogP contribution in [0, 0.1) is 11.8 Å². The molecule has 9 heavy (non-hydrogen) atoms. The van der Waals surface area contributed by atoms with E-state index in [9.17, 15) is 4.79 Å². The lowest BCUT2D eigenvalue weighted by molar-refractivity contribution is -0.113. The van der Waals surface area contributed by atoms with E-state index in [1.54, 1.807) is 19.9 Å². The van der Waals surface area contributed by atoms with E-state index in [-0.39, 0.29) is 5.78 Å². The summed E-state index contributed by atoms with van der Waals surface area (Å²) in [5.74, 6) is 5.45. The summed E-state index contributed by atoms with van der Waals surface area (Å²) in [6, 6.07) is 0. The van der Waals surface area contributed by atoms with Crippen LogP contribution in [0.2, 0.25) is 0 Å². The maximum Gasteiger partial charge on any atom is 0.156 e. The van der Waals surface area contributed by atoms with E-state index in [2.05, 4.69) is 11.8 Å². The second-order valence-electron chi connectivity index (χ2n) is 1.78. The summed E-state index contributed by atoms with van der Waals surface area (Å²) in [4.78, 5) is 10.5. The highest BCUT2D eigenvalue weighted by molar-refractivity contribution is 5.93. The number of Topliss-reactive ketones (excluding diaryl/α,β-unsaturated/α-hetero) is 1.